The van der Waals surface area contributed by atoms with Gasteiger partial charge in [0.15, 0.2) is 10.8 Å². The summed E-state index contributed by atoms with van der Waals surface area (Å²) in [5.74, 6) is 0.495. The van der Waals surface area contributed by atoms with E-state index in [1.54, 1.807) is 46.9 Å². The van der Waals surface area contributed by atoms with E-state index in [1.807, 2.05) is 0 Å². The Morgan fingerprint density at radius 1 is 1.09 bits per heavy atom. The molecule has 0 saturated carbocycles. The Bertz CT molecular complexity index is 1230. The molecule has 1 aromatic carbocycles. The molecule has 1 saturated heterocycles. The van der Waals surface area contributed by atoms with Gasteiger partial charge in [-0.05, 0) is 30.7 Å². The predicted octanol–water partition coefficient (Wildman–Crippen LogP) is 1.95. The molecule has 2 aromatic heterocycles. The summed E-state index contributed by atoms with van der Waals surface area (Å²) in [4.78, 5) is 50.1. The monoisotopic (exact) mass is 479 g/mol. The number of hydrogen-bond acceptors (Lipinski definition) is 8. The predicted molar refractivity (Wildman–Crippen MR) is 128 cm³/mol. The molecule has 1 N–H and O–H groups in total. The Kier molecular flexibility index (Phi) is 6.18. The number of fused-ring (bicyclic) bond motifs is 2. The molecule has 2 aliphatic heterocycles. The van der Waals surface area contributed by atoms with E-state index >= 15 is 0 Å². The van der Waals surface area contributed by atoms with Gasteiger partial charge in [0, 0.05) is 19.6 Å². The van der Waals surface area contributed by atoms with E-state index in [1.165, 1.54) is 0 Å². The zero-order chi connectivity index (χ0) is 23.7. The second kappa shape index (κ2) is 9.41. The molecule has 5 rings (SSSR count). The molecule has 4 heterocycles. The third-order valence-corrected chi connectivity index (χ3v) is 6.69. The number of imide groups is 1. The molecule has 34 heavy (non-hydrogen) atoms. The smallest absolute Gasteiger partial charge is 0.262 e. The van der Waals surface area contributed by atoms with Crippen molar-refractivity contribution in [3.63, 3.8) is 0 Å². The molecule has 1 fully saturated rings. The van der Waals surface area contributed by atoms with E-state index in [0.717, 1.165) is 53.4 Å². The summed E-state index contributed by atoms with van der Waals surface area (Å²) in [7, 11) is 0. The number of hydrogen-bond donors (Lipinski definition) is 1. The van der Waals surface area contributed by atoms with Crippen molar-refractivity contribution >= 4 is 46.3 Å². The molecule has 3 aromatic rings. The number of nitrogens with one attached hydrogen (secondary N) is 1. The van der Waals surface area contributed by atoms with Crippen molar-refractivity contribution in [3.8, 4) is 0 Å². The van der Waals surface area contributed by atoms with E-state index in [2.05, 4.69) is 22.2 Å². The van der Waals surface area contributed by atoms with Crippen molar-refractivity contribution in [2.45, 2.75) is 31.5 Å². The quantitative estimate of drug-likeness (QED) is 0.296. The minimum Gasteiger partial charge on any atom is -0.356 e. The van der Waals surface area contributed by atoms with E-state index < -0.39 is 17.7 Å². The lowest BCUT2D eigenvalue weighted by Crippen LogP contribution is -2.41. The van der Waals surface area contributed by atoms with Crippen LogP contribution >= 0.6 is 11.8 Å². The molecular formula is C23H25N7O3S. The molecular weight excluding hydrogens is 454 g/mol. The summed E-state index contributed by atoms with van der Waals surface area (Å²) >= 11 is 1.59. The van der Waals surface area contributed by atoms with Crippen LogP contribution in [0, 0.1) is 0 Å². The molecule has 10 nitrogen and oxygen atoms in total. The largest absolute Gasteiger partial charge is 0.356 e. The fourth-order valence-electron chi connectivity index (χ4n) is 4.33. The Morgan fingerprint density at radius 3 is 2.47 bits per heavy atom. The number of nitrogens with zero attached hydrogens (tertiary/aromatic N) is 6. The third-order valence-electron chi connectivity index (χ3n) is 5.96. The van der Waals surface area contributed by atoms with Gasteiger partial charge < -0.3 is 10.2 Å². The maximum absolute atomic E-state index is 12.5. The Morgan fingerprint density at radius 2 is 1.79 bits per heavy atom. The SMILES string of the molecule is CCSc1nc(N2CCCC2)c2cnn(CCNC(=O)CN3C(=O)c4ccccc4C3=O)c2n1. The van der Waals surface area contributed by atoms with Crippen molar-refractivity contribution < 1.29 is 14.4 Å². The molecule has 0 spiro atoms. The van der Waals surface area contributed by atoms with Crippen LogP contribution < -0.4 is 10.2 Å². The van der Waals surface area contributed by atoms with Gasteiger partial charge in [-0.2, -0.15) is 5.10 Å². The standard InChI is InChI=1S/C23H25N7O3S/c1-2-34-23-26-19(28-10-5-6-11-28)17-13-25-30(20(17)27-23)12-9-24-18(31)14-29-21(32)15-7-3-4-8-16(15)22(29)33/h3-4,7-8,13H,2,5-6,9-12,14H2,1H3,(H,24,31). The first-order chi connectivity index (χ1) is 16.6. The number of anilines is 1. The number of rotatable bonds is 8. The molecule has 11 heteroatoms. The van der Waals surface area contributed by atoms with Gasteiger partial charge in [0.25, 0.3) is 11.8 Å². The van der Waals surface area contributed by atoms with Gasteiger partial charge in [-0.25, -0.2) is 14.6 Å². The van der Waals surface area contributed by atoms with Crippen LogP contribution in [-0.2, 0) is 11.3 Å². The van der Waals surface area contributed by atoms with Crippen molar-refractivity contribution in [1.29, 1.82) is 0 Å². The first kappa shape index (κ1) is 22.3. The van der Waals surface area contributed by atoms with Gasteiger partial charge in [0.2, 0.25) is 5.91 Å². The van der Waals surface area contributed by atoms with Gasteiger partial charge in [-0.1, -0.05) is 30.8 Å². The van der Waals surface area contributed by atoms with Crippen LogP contribution in [0.2, 0.25) is 0 Å². The molecule has 0 atom stereocenters. The average Bonchev–Trinajstić information content (AvgIpc) is 3.56. The zero-order valence-corrected chi connectivity index (χ0v) is 19.7. The molecule has 2 aliphatic rings. The third kappa shape index (κ3) is 4.11. The highest BCUT2D eigenvalue weighted by molar-refractivity contribution is 7.99. The Labute approximate surface area is 200 Å². The lowest BCUT2D eigenvalue weighted by Gasteiger charge is -2.18. The van der Waals surface area contributed by atoms with Crippen LogP contribution in [0.5, 0.6) is 0 Å². The normalized spacial score (nSPS) is 15.4. The van der Waals surface area contributed by atoms with E-state index in [9.17, 15) is 14.4 Å². The number of aromatic nitrogens is 4. The summed E-state index contributed by atoms with van der Waals surface area (Å²) < 4.78 is 1.76. The van der Waals surface area contributed by atoms with Crippen molar-refractivity contribution in [2.24, 2.45) is 0 Å². The summed E-state index contributed by atoms with van der Waals surface area (Å²) in [5.41, 5.74) is 1.40. The maximum atomic E-state index is 12.5. The van der Waals surface area contributed by atoms with Gasteiger partial charge in [0.05, 0.1) is 29.3 Å². The number of carbonyl (C=O) groups excluding carboxylic acids is 3. The van der Waals surface area contributed by atoms with E-state index in [4.69, 9.17) is 9.97 Å². The fourth-order valence-corrected chi connectivity index (χ4v) is 4.89. The van der Waals surface area contributed by atoms with E-state index in [-0.39, 0.29) is 13.1 Å². The Balaban J connectivity index is 1.25. The number of amides is 3. The summed E-state index contributed by atoms with van der Waals surface area (Å²) in [6, 6.07) is 6.59. The van der Waals surface area contributed by atoms with Gasteiger partial charge in [-0.15, -0.1) is 0 Å². The van der Waals surface area contributed by atoms with Crippen LogP contribution in [0.15, 0.2) is 35.6 Å². The molecule has 0 aliphatic carbocycles. The van der Waals surface area contributed by atoms with Crippen LogP contribution in [0.25, 0.3) is 11.0 Å². The molecule has 0 unspecified atom stereocenters. The highest BCUT2D eigenvalue weighted by atomic mass is 32.2. The van der Waals surface area contributed by atoms with Gasteiger partial charge in [0.1, 0.15) is 12.4 Å². The highest BCUT2D eigenvalue weighted by Gasteiger charge is 2.36. The van der Waals surface area contributed by atoms with Crippen LogP contribution in [0.3, 0.4) is 0 Å². The molecule has 0 bridgehead atoms. The van der Waals surface area contributed by atoms with Crippen molar-refractivity contribution in [3.05, 3.63) is 41.6 Å². The minimum absolute atomic E-state index is 0.290. The number of thioether (sulfide) groups is 1. The molecule has 0 radical (unpaired) electrons. The van der Waals surface area contributed by atoms with Crippen LogP contribution in [-0.4, -0.2) is 74.3 Å². The lowest BCUT2D eigenvalue weighted by atomic mass is 10.1. The summed E-state index contributed by atoms with van der Waals surface area (Å²) in [6.45, 7) is 4.39. The topological polar surface area (TPSA) is 113 Å². The fraction of sp³-hybridized carbons (Fsp3) is 0.391. The first-order valence-electron chi connectivity index (χ1n) is 11.4. The Hall–Kier alpha value is -3.47. The molecule has 3 amide bonds. The van der Waals surface area contributed by atoms with Crippen molar-refractivity contribution in [2.75, 3.05) is 36.8 Å². The summed E-state index contributed by atoms with van der Waals surface area (Å²) in [5, 5.41) is 8.89. The maximum Gasteiger partial charge on any atom is 0.262 e. The first-order valence-corrected chi connectivity index (χ1v) is 12.4. The average molecular weight is 480 g/mol. The van der Waals surface area contributed by atoms with E-state index in [0.29, 0.717) is 22.8 Å². The van der Waals surface area contributed by atoms with Crippen molar-refractivity contribution in [1.82, 2.24) is 30.0 Å². The molecule has 176 valence electrons. The number of benzene rings is 1. The lowest BCUT2D eigenvalue weighted by molar-refractivity contribution is -0.121. The minimum atomic E-state index is -0.444. The highest BCUT2D eigenvalue weighted by Crippen LogP contribution is 2.29. The zero-order valence-electron chi connectivity index (χ0n) is 18.9. The second-order valence-corrected chi connectivity index (χ2v) is 9.39. The van der Waals surface area contributed by atoms with Gasteiger partial charge in [-0.3, -0.25) is 19.3 Å². The van der Waals surface area contributed by atoms with Crippen LogP contribution in [0.1, 0.15) is 40.5 Å². The van der Waals surface area contributed by atoms with Gasteiger partial charge >= 0.3 is 0 Å². The summed E-state index contributed by atoms with van der Waals surface area (Å²) in [6.07, 6.45) is 4.08. The number of carbonyl (C=O) groups is 3. The second-order valence-electron chi connectivity index (χ2n) is 8.15. The van der Waals surface area contributed by atoms with Crippen LogP contribution in [0.4, 0.5) is 5.82 Å².